The van der Waals surface area contributed by atoms with Crippen LogP contribution in [0.1, 0.15) is 93.4 Å². The van der Waals surface area contributed by atoms with Crippen LogP contribution >= 0.6 is 15.9 Å². The number of aliphatic hydroxyl groups is 1. The first-order valence-corrected chi connectivity index (χ1v) is 22.0. The molecule has 1 saturated heterocycles. The number of hydrogen-bond acceptors (Lipinski definition) is 13. The lowest BCUT2D eigenvalue weighted by atomic mass is 9.98. The third-order valence-electron chi connectivity index (χ3n) is 9.85. The van der Waals surface area contributed by atoms with Gasteiger partial charge in [0, 0.05) is 26.4 Å². The molecular formula is C39H62BrN9O16. The third kappa shape index (κ3) is 19.0. The summed E-state index contributed by atoms with van der Waals surface area (Å²) in [5.74, 6) is -14.2. The smallest absolute Gasteiger partial charge is 0.305 e. The molecule has 26 heteroatoms. The van der Waals surface area contributed by atoms with Crippen molar-refractivity contribution in [2.75, 3.05) is 18.4 Å². The first-order chi connectivity index (χ1) is 30.2. The summed E-state index contributed by atoms with van der Waals surface area (Å²) in [7, 11) is 0. The molecule has 366 valence electrons. The fraction of sp³-hybridized carbons (Fsp3) is 0.692. The molecule has 1 fully saturated rings. The Labute approximate surface area is 383 Å². The molecule has 0 unspecified atom stereocenters. The molecule has 65 heavy (non-hydrogen) atoms. The van der Waals surface area contributed by atoms with E-state index in [4.69, 9.17) is 5.11 Å². The van der Waals surface area contributed by atoms with Gasteiger partial charge in [0.25, 0.3) is 11.8 Å². The quantitative estimate of drug-likeness (QED) is 0.0305. The molecule has 0 aromatic rings. The number of amides is 9. The number of carbonyl (C=O) groups excluding carboxylic acids is 9. The average Bonchev–Trinajstić information content (AvgIpc) is 3.70. The Morgan fingerprint density at radius 2 is 1.14 bits per heavy atom. The number of aliphatic carboxylic acids is 3. The van der Waals surface area contributed by atoms with E-state index >= 15 is 0 Å². The van der Waals surface area contributed by atoms with E-state index in [-0.39, 0.29) is 24.8 Å². The van der Waals surface area contributed by atoms with Gasteiger partial charge in [-0.05, 0) is 44.4 Å². The number of carboxylic acid groups (broad SMARTS) is 3. The number of carboxylic acids is 3. The van der Waals surface area contributed by atoms with Crippen LogP contribution in [-0.4, -0.2) is 168 Å². The summed E-state index contributed by atoms with van der Waals surface area (Å²) in [4.78, 5) is 155. The van der Waals surface area contributed by atoms with Gasteiger partial charge in [0.15, 0.2) is 0 Å². The number of halogens is 1. The average molecular weight is 993 g/mol. The van der Waals surface area contributed by atoms with Crippen molar-refractivity contribution in [3.8, 4) is 0 Å². The molecule has 1 rings (SSSR count). The second kappa shape index (κ2) is 27.4. The molecule has 1 heterocycles. The van der Waals surface area contributed by atoms with Gasteiger partial charge in [-0.15, -0.1) is 0 Å². The number of rotatable bonds is 26. The van der Waals surface area contributed by atoms with E-state index in [0.29, 0.717) is 12.8 Å². The van der Waals surface area contributed by atoms with Crippen LogP contribution in [0.25, 0.3) is 0 Å². The molecular weight excluding hydrogens is 930 g/mol. The molecule has 0 bridgehead atoms. The fourth-order valence-corrected chi connectivity index (χ4v) is 6.82. The normalized spacial score (nSPS) is 16.6. The van der Waals surface area contributed by atoms with E-state index in [1.54, 1.807) is 13.8 Å². The predicted octanol–water partition coefficient (Wildman–Crippen LogP) is -2.92. The van der Waals surface area contributed by atoms with Crippen LogP contribution in [0.5, 0.6) is 0 Å². The second-order valence-corrected chi connectivity index (χ2v) is 16.6. The maximum Gasteiger partial charge on any atom is 0.305 e. The SMILES string of the molecule is CCCN(NC(=O)[C@H]1CCCN1C(=O)[C@@H](NC(=O)[C@@H](NC(=O)[C@H](CC(=O)O)NC(=O)[C@H](CCC(=O)O)NC(=O)[C@@H](NC(=O)[C@H](CC(=O)O)NC(C)=O)[C@@H](C)O)C(C)C)C(C)C)C(=O)CBr. The molecule has 0 aromatic carbocycles. The number of alkyl halides is 1. The maximum absolute atomic E-state index is 14.0. The van der Waals surface area contributed by atoms with Crippen molar-refractivity contribution in [1.82, 2.24) is 47.2 Å². The van der Waals surface area contributed by atoms with Gasteiger partial charge >= 0.3 is 17.9 Å². The minimum Gasteiger partial charge on any atom is -0.481 e. The molecule has 0 saturated carbocycles. The van der Waals surface area contributed by atoms with E-state index in [0.717, 1.165) is 18.9 Å². The highest BCUT2D eigenvalue weighted by molar-refractivity contribution is 9.09. The van der Waals surface area contributed by atoms with Crippen molar-refractivity contribution < 1.29 is 78.0 Å². The van der Waals surface area contributed by atoms with Gasteiger partial charge in [0.1, 0.15) is 42.3 Å². The minimum atomic E-state index is -1.96. The molecule has 8 atom stereocenters. The van der Waals surface area contributed by atoms with Gasteiger partial charge in [0.05, 0.1) is 24.3 Å². The van der Waals surface area contributed by atoms with Crippen LogP contribution in [0.2, 0.25) is 0 Å². The molecule has 25 nitrogen and oxygen atoms in total. The van der Waals surface area contributed by atoms with Gasteiger partial charge in [-0.3, -0.25) is 68.0 Å². The lowest BCUT2D eigenvalue weighted by molar-refractivity contribution is -0.147. The number of hydrogen-bond donors (Lipinski definition) is 11. The van der Waals surface area contributed by atoms with Crippen molar-refractivity contribution in [1.29, 1.82) is 0 Å². The van der Waals surface area contributed by atoms with Crippen molar-refractivity contribution >= 4 is 87.0 Å². The summed E-state index contributed by atoms with van der Waals surface area (Å²) >= 11 is 3.08. The van der Waals surface area contributed by atoms with Crippen LogP contribution in [0.3, 0.4) is 0 Å². The standard InChI is InChI=1S/C39H62BrN9O16/c1-8-13-49(26(52)17-40)47-36(62)25-10-9-14-48(25)39(65)31(19(4)5)45-37(63)30(18(2)3)44-35(61)24(16-29(57)58)43-33(59)22(11-12-27(53)54)42-38(64)32(20(6)50)46-34(60)23(15-28(55)56)41-21(7)51/h18-20,22-25,30-32,50H,8-17H2,1-7H3,(H,41,51)(H,42,64)(H,43,59)(H,44,61)(H,45,63)(H,46,60)(H,47,62)(H,53,54)(H,55,56)(H,57,58)/t20-,22+,23+,24+,25-,30+,31+,32+/m1/s1. The van der Waals surface area contributed by atoms with Crippen molar-refractivity contribution in [2.45, 2.75) is 142 Å². The molecule has 11 N–H and O–H groups in total. The second-order valence-electron chi connectivity index (χ2n) is 16.0. The molecule has 9 amide bonds. The minimum absolute atomic E-state index is 0.0538. The first-order valence-electron chi connectivity index (χ1n) is 20.9. The Hall–Kier alpha value is -5.92. The van der Waals surface area contributed by atoms with Crippen LogP contribution in [0.4, 0.5) is 0 Å². The lowest BCUT2D eigenvalue weighted by Gasteiger charge is -2.33. The topological polar surface area (TPSA) is 376 Å². The zero-order valence-electron chi connectivity index (χ0n) is 37.3. The monoisotopic (exact) mass is 991 g/mol. The molecule has 0 aliphatic carbocycles. The summed E-state index contributed by atoms with van der Waals surface area (Å²) in [5.41, 5.74) is 2.57. The number of likely N-dealkylation sites (tertiary alicyclic amines) is 1. The molecule has 0 spiro atoms. The highest BCUT2D eigenvalue weighted by atomic mass is 79.9. The van der Waals surface area contributed by atoms with Gasteiger partial charge in [0.2, 0.25) is 41.4 Å². The number of aliphatic hydroxyl groups excluding tert-OH is 1. The molecule has 1 aliphatic heterocycles. The van der Waals surface area contributed by atoms with Gasteiger partial charge in [-0.1, -0.05) is 50.5 Å². The third-order valence-corrected chi connectivity index (χ3v) is 10.3. The van der Waals surface area contributed by atoms with Gasteiger partial charge in [-0.25, -0.2) is 0 Å². The fourth-order valence-electron chi connectivity index (χ4n) is 6.52. The van der Waals surface area contributed by atoms with E-state index in [1.165, 1.54) is 18.7 Å². The first kappa shape index (κ1) is 57.1. The van der Waals surface area contributed by atoms with Crippen molar-refractivity contribution in [3.63, 3.8) is 0 Å². The Morgan fingerprint density at radius 1 is 0.662 bits per heavy atom. The summed E-state index contributed by atoms with van der Waals surface area (Å²) in [6.07, 6.45) is -3.94. The number of nitrogens with zero attached hydrogens (tertiary/aromatic N) is 2. The van der Waals surface area contributed by atoms with E-state index < -0.39 is 157 Å². The van der Waals surface area contributed by atoms with E-state index in [9.17, 15) is 72.9 Å². The lowest BCUT2D eigenvalue weighted by Crippen LogP contribution is -2.62. The number of nitrogens with one attached hydrogen (secondary N) is 7. The van der Waals surface area contributed by atoms with Crippen LogP contribution in [0, 0.1) is 11.8 Å². The van der Waals surface area contributed by atoms with E-state index in [2.05, 4.69) is 53.3 Å². The summed E-state index contributed by atoms with van der Waals surface area (Å²) < 4.78 is 0. The van der Waals surface area contributed by atoms with Crippen molar-refractivity contribution in [3.05, 3.63) is 0 Å². The molecule has 0 radical (unpaired) electrons. The summed E-state index contributed by atoms with van der Waals surface area (Å²) in [5, 5.41) is 53.0. The number of carbonyl (C=O) groups is 12. The zero-order valence-corrected chi connectivity index (χ0v) is 38.9. The largest absolute Gasteiger partial charge is 0.481 e. The van der Waals surface area contributed by atoms with Crippen LogP contribution in [-0.2, 0) is 57.5 Å². The Balaban J connectivity index is 3.35. The van der Waals surface area contributed by atoms with Gasteiger partial charge < -0.3 is 57.2 Å². The maximum atomic E-state index is 14.0. The predicted molar refractivity (Wildman–Crippen MR) is 229 cm³/mol. The molecule has 0 aromatic heterocycles. The number of hydrazine groups is 1. The Bertz CT molecular complexity index is 1760. The van der Waals surface area contributed by atoms with Crippen LogP contribution in [0.15, 0.2) is 0 Å². The van der Waals surface area contributed by atoms with E-state index in [1.807, 2.05) is 6.92 Å². The van der Waals surface area contributed by atoms with Gasteiger partial charge in [-0.2, -0.15) is 0 Å². The highest BCUT2D eigenvalue weighted by Gasteiger charge is 2.41. The zero-order chi connectivity index (χ0) is 49.9. The Morgan fingerprint density at radius 3 is 1.60 bits per heavy atom. The van der Waals surface area contributed by atoms with Crippen LogP contribution < -0.4 is 37.3 Å². The summed E-state index contributed by atoms with van der Waals surface area (Å²) in [6.45, 7) is 10.5. The highest BCUT2D eigenvalue weighted by Crippen LogP contribution is 2.21. The Kier molecular flexibility index (Phi) is 24.1. The summed E-state index contributed by atoms with van der Waals surface area (Å²) in [6, 6.07) is -11.1. The van der Waals surface area contributed by atoms with Crippen molar-refractivity contribution in [2.24, 2.45) is 11.8 Å². The molecule has 1 aliphatic rings.